The molecule has 1 atom stereocenters. The fourth-order valence-corrected chi connectivity index (χ4v) is 2.21. The molecule has 1 unspecified atom stereocenters. The van der Waals surface area contributed by atoms with Gasteiger partial charge < -0.3 is 14.8 Å². The molecule has 2 rings (SSSR count). The molecule has 0 aliphatic carbocycles. The summed E-state index contributed by atoms with van der Waals surface area (Å²) in [7, 11) is 1.53. The van der Waals surface area contributed by atoms with Crippen molar-refractivity contribution in [3.05, 3.63) is 59.4 Å². The van der Waals surface area contributed by atoms with Gasteiger partial charge in [-0.1, -0.05) is 12.1 Å². The van der Waals surface area contributed by atoms with Gasteiger partial charge in [-0.2, -0.15) is 8.78 Å². The van der Waals surface area contributed by atoms with Gasteiger partial charge in [0.2, 0.25) is 0 Å². The van der Waals surface area contributed by atoms with Crippen LogP contribution in [0.3, 0.4) is 0 Å². The second kappa shape index (κ2) is 7.87. The normalized spacial score (nSPS) is 12.3. The van der Waals surface area contributed by atoms with Crippen molar-refractivity contribution in [1.82, 2.24) is 5.32 Å². The first kappa shape index (κ1) is 17.1. The van der Waals surface area contributed by atoms with Crippen LogP contribution in [-0.4, -0.2) is 13.7 Å². The van der Waals surface area contributed by atoms with Gasteiger partial charge in [0.25, 0.3) is 0 Å². The van der Waals surface area contributed by atoms with Gasteiger partial charge in [-0.25, -0.2) is 4.39 Å². The average Bonchev–Trinajstić information content (AvgIpc) is 2.53. The molecule has 6 heteroatoms. The van der Waals surface area contributed by atoms with E-state index in [0.29, 0.717) is 17.9 Å². The number of hydrogen-bond acceptors (Lipinski definition) is 3. The summed E-state index contributed by atoms with van der Waals surface area (Å²) in [5.74, 6) is 0.388. The summed E-state index contributed by atoms with van der Waals surface area (Å²) in [6, 6.07) is 10.6. The van der Waals surface area contributed by atoms with Crippen molar-refractivity contribution in [2.75, 3.05) is 7.11 Å². The Kier molecular flexibility index (Phi) is 5.87. The van der Waals surface area contributed by atoms with Crippen LogP contribution in [0, 0.1) is 5.82 Å². The van der Waals surface area contributed by atoms with Crippen molar-refractivity contribution in [2.24, 2.45) is 0 Å². The van der Waals surface area contributed by atoms with E-state index in [9.17, 15) is 13.2 Å². The van der Waals surface area contributed by atoms with Crippen LogP contribution in [0.1, 0.15) is 24.1 Å². The fraction of sp³-hybridized carbons (Fsp3) is 0.294. The lowest BCUT2D eigenvalue weighted by Gasteiger charge is -2.17. The molecule has 0 radical (unpaired) electrons. The molecule has 23 heavy (non-hydrogen) atoms. The van der Waals surface area contributed by atoms with E-state index in [2.05, 4.69) is 10.1 Å². The van der Waals surface area contributed by atoms with Crippen LogP contribution >= 0.6 is 0 Å². The molecule has 0 spiro atoms. The zero-order chi connectivity index (χ0) is 16.8. The van der Waals surface area contributed by atoms with Crippen LogP contribution in [0.15, 0.2) is 42.5 Å². The number of rotatable bonds is 7. The number of hydrogen-bond donors (Lipinski definition) is 1. The molecule has 0 aliphatic rings. The van der Waals surface area contributed by atoms with E-state index in [1.165, 1.54) is 31.4 Å². The van der Waals surface area contributed by atoms with Crippen LogP contribution < -0.4 is 14.8 Å². The maximum Gasteiger partial charge on any atom is 0.387 e. The smallest absolute Gasteiger partial charge is 0.387 e. The molecule has 0 amide bonds. The minimum absolute atomic E-state index is 0.114. The Bertz CT molecular complexity index is 632. The molecular weight excluding hydrogens is 307 g/mol. The van der Waals surface area contributed by atoms with Crippen molar-refractivity contribution < 1.29 is 22.6 Å². The van der Waals surface area contributed by atoms with Gasteiger partial charge in [0.05, 0.1) is 7.11 Å². The highest BCUT2D eigenvalue weighted by atomic mass is 19.3. The monoisotopic (exact) mass is 325 g/mol. The maximum absolute atomic E-state index is 13.4. The maximum atomic E-state index is 13.4. The first-order valence-corrected chi connectivity index (χ1v) is 7.10. The Hall–Kier alpha value is -2.21. The topological polar surface area (TPSA) is 30.5 Å². The molecule has 0 aromatic heterocycles. The van der Waals surface area contributed by atoms with Gasteiger partial charge in [0.1, 0.15) is 17.3 Å². The average molecular weight is 325 g/mol. The molecule has 2 aromatic carbocycles. The summed E-state index contributed by atoms with van der Waals surface area (Å²) in [6.07, 6.45) is 0. The van der Waals surface area contributed by atoms with E-state index < -0.39 is 6.61 Å². The number of halogens is 3. The summed E-state index contributed by atoms with van der Waals surface area (Å²) in [4.78, 5) is 0. The van der Waals surface area contributed by atoms with Crippen LogP contribution in [0.25, 0.3) is 0 Å². The first-order valence-electron chi connectivity index (χ1n) is 7.10. The van der Waals surface area contributed by atoms with E-state index in [-0.39, 0.29) is 17.6 Å². The second-order valence-corrected chi connectivity index (χ2v) is 5.01. The number of alkyl halides is 2. The van der Waals surface area contributed by atoms with Crippen LogP contribution in [0.5, 0.6) is 11.5 Å². The third-order valence-corrected chi connectivity index (χ3v) is 3.42. The van der Waals surface area contributed by atoms with Crippen LogP contribution in [-0.2, 0) is 6.54 Å². The summed E-state index contributed by atoms with van der Waals surface area (Å²) in [5.41, 5.74) is 1.61. The molecule has 124 valence electrons. The number of nitrogens with one attached hydrogen (secondary N) is 1. The summed E-state index contributed by atoms with van der Waals surface area (Å²) < 4.78 is 47.1. The summed E-state index contributed by atoms with van der Waals surface area (Å²) in [6.45, 7) is -0.444. The van der Waals surface area contributed by atoms with E-state index in [0.717, 1.165) is 5.56 Å². The predicted octanol–water partition coefficient (Wildman–Crippen LogP) is 4.29. The Labute approximate surface area is 133 Å². The third-order valence-electron chi connectivity index (χ3n) is 3.42. The van der Waals surface area contributed by atoms with Gasteiger partial charge in [0, 0.05) is 18.2 Å². The molecule has 0 bridgehead atoms. The molecule has 2 aromatic rings. The van der Waals surface area contributed by atoms with Gasteiger partial charge in [-0.3, -0.25) is 0 Å². The van der Waals surface area contributed by atoms with Gasteiger partial charge >= 0.3 is 6.61 Å². The van der Waals surface area contributed by atoms with Crippen molar-refractivity contribution in [3.8, 4) is 11.5 Å². The summed E-state index contributed by atoms with van der Waals surface area (Å²) in [5, 5.41) is 3.24. The Morgan fingerprint density at radius 2 is 1.78 bits per heavy atom. The lowest BCUT2D eigenvalue weighted by Crippen LogP contribution is -2.19. The van der Waals surface area contributed by atoms with E-state index in [4.69, 9.17) is 4.74 Å². The quantitative estimate of drug-likeness (QED) is 0.824. The van der Waals surface area contributed by atoms with Crippen LogP contribution in [0.4, 0.5) is 13.2 Å². The third kappa shape index (κ3) is 4.89. The number of benzene rings is 2. The Balaban J connectivity index is 1.99. The predicted molar refractivity (Wildman–Crippen MR) is 81.3 cm³/mol. The standard InChI is InChI=1S/C17H18F3NO2/c1-11(15-9-13(18)5-8-16(15)22-2)21-10-12-3-6-14(7-4-12)23-17(19)20/h3-9,11,17,21H,10H2,1-2H3. The molecule has 1 N–H and O–H groups in total. The summed E-state index contributed by atoms with van der Waals surface area (Å²) >= 11 is 0. The van der Waals surface area contributed by atoms with Crippen molar-refractivity contribution in [1.29, 1.82) is 0 Å². The SMILES string of the molecule is COc1ccc(F)cc1C(C)NCc1ccc(OC(F)F)cc1. The molecule has 0 fully saturated rings. The van der Waals surface area contributed by atoms with E-state index in [1.807, 2.05) is 6.92 Å². The van der Waals surface area contributed by atoms with Gasteiger partial charge in [0.15, 0.2) is 0 Å². The van der Waals surface area contributed by atoms with Gasteiger partial charge in [-0.15, -0.1) is 0 Å². The molecule has 0 heterocycles. The molecular formula is C17H18F3NO2. The van der Waals surface area contributed by atoms with E-state index >= 15 is 0 Å². The van der Waals surface area contributed by atoms with Gasteiger partial charge in [-0.05, 0) is 42.8 Å². The Morgan fingerprint density at radius 1 is 1.09 bits per heavy atom. The highest BCUT2D eigenvalue weighted by Gasteiger charge is 2.12. The second-order valence-electron chi connectivity index (χ2n) is 5.01. The zero-order valence-electron chi connectivity index (χ0n) is 12.9. The fourth-order valence-electron chi connectivity index (χ4n) is 2.21. The molecule has 0 saturated heterocycles. The van der Waals surface area contributed by atoms with Crippen LogP contribution in [0.2, 0.25) is 0 Å². The van der Waals surface area contributed by atoms with Crippen molar-refractivity contribution in [3.63, 3.8) is 0 Å². The number of methoxy groups -OCH3 is 1. The highest BCUT2D eigenvalue weighted by Crippen LogP contribution is 2.26. The van der Waals surface area contributed by atoms with Crippen molar-refractivity contribution >= 4 is 0 Å². The van der Waals surface area contributed by atoms with Crippen molar-refractivity contribution in [2.45, 2.75) is 26.1 Å². The lowest BCUT2D eigenvalue weighted by atomic mass is 10.1. The molecule has 3 nitrogen and oxygen atoms in total. The molecule has 0 aliphatic heterocycles. The zero-order valence-corrected chi connectivity index (χ0v) is 12.9. The molecule has 0 saturated carbocycles. The number of ether oxygens (including phenoxy) is 2. The first-order chi connectivity index (χ1) is 11.0. The largest absolute Gasteiger partial charge is 0.496 e. The lowest BCUT2D eigenvalue weighted by molar-refractivity contribution is -0.0498. The minimum atomic E-state index is -2.83. The Morgan fingerprint density at radius 3 is 2.39 bits per heavy atom. The minimum Gasteiger partial charge on any atom is -0.496 e. The van der Waals surface area contributed by atoms with E-state index in [1.54, 1.807) is 18.2 Å². The highest BCUT2D eigenvalue weighted by molar-refractivity contribution is 5.36.